The van der Waals surface area contributed by atoms with Gasteiger partial charge in [-0.25, -0.2) is 9.98 Å². The monoisotopic (exact) mass is 362 g/mol. The Balaban J connectivity index is 1.80. The molecule has 1 N–H and O–H groups in total. The fraction of sp³-hybridized carbons (Fsp3) is 0. The van der Waals surface area contributed by atoms with Gasteiger partial charge in [0.05, 0.1) is 33.9 Å². The zero-order chi connectivity index (χ0) is 18.9. The molecule has 0 saturated carbocycles. The van der Waals surface area contributed by atoms with Gasteiger partial charge in [0.2, 0.25) is 5.55 Å². The van der Waals surface area contributed by atoms with Gasteiger partial charge in [-0.3, -0.25) is 0 Å². The summed E-state index contributed by atoms with van der Waals surface area (Å²) in [4.78, 5) is 12.7. The molecule has 5 rings (SSSR count). The van der Waals surface area contributed by atoms with E-state index >= 15 is 0 Å². The van der Waals surface area contributed by atoms with Crippen molar-refractivity contribution in [2.45, 2.75) is 0 Å². The summed E-state index contributed by atoms with van der Waals surface area (Å²) < 4.78 is 6.11. The number of nitrogens with zero attached hydrogens (tertiary/aromatic N) is 3. The van der Waals surface area contributed by atoms with E-state index in [-0.39, 0.29) is 0 Å². The molecule has 2 heterocycles. The molecule has 0 fully saturated rings. The molecule has 132 valence electrons. The zero-order valence-corrected chi connectivity index (χ0v) is 14.8. The highest BCUT2D eigenvalue weighted by Gasteiger charge is 2.11. The maximum Gasteiger partial charge on any atom is 0.230 e. The van der Waals surface area contributed by atoms with Crippen LogP contribution in [0.2, 0.25) is 0 Å². The average Bonchev–Trinajstić information content (AvgIpc) is 3.17. The minimum absolute atomic E-state index is 0.438. The summed E-state index contributed by atoms with van der Waals surface area (Å²) in [5.74, 6) is 0.686. The standard InChI is InChI=1S/C23H14N4O/c24-14-15-6-5-8-17(12-15)25-23-18(13-16-7-1-4-11-21(16)28-23)22-26-19-9-2-3-10-20(19)27-22/h1-13H,(H,26,27). The molecule has 0 radical (unpaired) electrons. The lowest BCUT2D eigenvalue weighted by molar-refractivity contribution is 0.547. The van der Waals surface area contributed by atoms with Gasteiger partial charge in [-0.05, 0) is 42.5 Å². The largest absolute Gasteiger partial charge is 0.438 e. The van der Waals surface area contributed by atoms with E-state index in [1.165, 1.54) is 0 Å². The summed E-state index contributed by atoms with van der Waals surface area (Å²) in [5, 5.41) is 10.1. The van der Waals surface area contributed by atoms with Gasteiger partial charge < -0.3 is 9.40 Å². The molecule has 0 amide bonds. The Morgan fingerprint density at radius 2 is 1.79 bits per heavy atom. The molecule has 0 aliphatic heterocycles. The number of hydrogen-bond donors (Lipinski definition) is 1. The summed E-state index contributed by atoms with van der Waals surface area (Å²) in [6.45, 7) is 0. The Morgan fingerprint density at radius 3 is 2.68 bits per heavy atom. The number of nitriles is 1. The van der Waals surface area contributed by atoms with E-state index < -0.39 is 0 Å². The van der Waals surface area contributed by atoms with Crippen LogP contribution in [0.3, 0.4) is 0 Å². The summed E-state index contributed by atoms with van der Waals surface area (Å²) in [5.41, 5.74) is 4.96. The number of aromatic amines is 1. The SMILES string of the molecule is N#Cc1cccc(N=c2oc3ccccc3cc2-c2nc3ccccc3[nH]2)c1. The number of fused-ring (bicyclic) bond motifs is 2. The van der Waals surface area contributed by atoms with Crippen molar-refractivity contribution in [2.24, 2.45) is 4.99 Å². The van der Waals surface area contributed by atoms with Gasteiger partial charge in [-0.15, -0.1) is 0 Å². The molecule has 28 heavy (non-hydrogen) atoms. The molecule has 5 heteroatoms. The Kier molecular flexibility index (Phi) is 3.74. The minimum Gasteiger partial charge on any atom is -0.438 e. The van der Waals surface area contributed by atoms with Crippen molar-refractivity contribution in [1.82, 2.24) is 9.97 Å². The van der Waals surface area contributed by atoms with E-state index in [9.17, 15) is 0 Å². The van der Waals surface area contributed by atoms with E-state index in [1.807, 2.05) is 60.7 Å². The van der Waals surface area contributed by atoms with E-state index in [0.717, 1.165) is 27.6 Å². The molecule has 3 aromatic carbocycles. The number of rotatable bonds is 2. The van der Waals surface area contributed by atoms with Gasteiger partial charge in [0, 0.05) is 5.39 Å². The quantitative estimate of drug-likeness (QED) is 0.476. The number of H-pyrrole nitrogens is 1. The van der Waals surface area contributed by atoms with Crippen molar-refractivity contribution in [3.8, 4) is 17.5 Å². The Morgan fingerprint density at radius 1 is 0.929 bits per heavy atom. The Labute approximate surface area is 160 Å². The van der Waals surface area contributed by atoms with Gasteiger partial charge in [0.1, 0.15) is 11.4 Å². The van der Waals surface area contributed by atoms with Crippen LogP contribution in [0.25, 0.3) is 33.4 Å². The first-order valence-corrected chi connectivity index (χ1v) is 8.83. The predicted molar refractivity (Wildman–Crippen MR) is 108 cm³/mol. The van der Waals surface area contributed by atoms with Crippen LogP contribution in [0.4, 0.5) is 5.69 Å². The maximum absolute atomic E-state index is 9.15. The molecule has 0 saturated heterocycles. The first kappa shape index (κ1) is 16.0. The third-order valence-corrected chi connectivity index (χ3v) is 4.51. The van der Waals surface area contributed by atoms with Gasteiger partial charge in [0.15, 0.2) is 0 Å². The second-order valence-electron chi connectivity index (χ2n) is 6.38. The fourth-order valence-corrected chi connectivity index (χ4v) is 3.16. The van der Waals surface area contributed by atoms with Crippen LogP contribution < -0.4 is 5.55 Å². The van der Waals surface area contributed by atoms with Crippen LogP contribution in [-0.2, 0) is 0 Å². The molecule has 0 spiro atoms. The summed E-state index contributed by atoms with van der Waals surface area (Å²) in [6, 6.07) is 26.9. The number of benzene rings is 3. The third kappa shape index (κ3) is 2.83. The smallest absolute Gasteiger partial charge is 0.230 e. The molecule has 0 bridgehead atoms. The lowest BCUT2D eigenvalue weighted by Crippen LogP contribution is -2.06. The highest BCUT2D eigenvalue weighted by molar-refractivity contribution is 5.83. The lowest BCUT2D eigenvalue weighted by Gasteiger charge is -2.03. The molecule has 0 atom stereocenters. The van der Waals surface area contributed by atoms with Gasteiger partial charge in [-0.2, -0.15) is 5.26 Å². The second kappa shape index (κ2) is 6.53. The molecule has 0 aliphatic carbocycles. The molecule has 5 aromatic rings. The molecule has 2 aromatic heterocycles. The van der Waals surface area contributed by atoms with Crippen LogP contribution >= 0.6 is 0 Å². The van der Waals surface area contributed by atoms with E-state index in [4.69, 9.17) is 14.7 Å². The summed E-state index contributed by atoms with van der Waals surface area (Å²) >= 11 is 0. The first-order chi connectivity index (χ1) is 13.8. The number of para-hydroxylation sites is 3. The Hall–Kier alpha value is -4.17. The van der Waals surface area contributed by atoms with E-state index in [2.05, 4.69) is 16.0 Å². The van der Waals surface area contributed by atoms with Crippen LogP contribution in [0.5, 0.6) is 0 Å². The minimum atomic E-state index is 0.438. The summed E-state index contributed by atoms with van der Waals surface area (Å²) in [7, 11) is 0. The van der Waals surface area contributed by atoms with Crippen molar-refractivity contribution < 1.29 is 4.42 Å². The number of hydrogen-bond acceptors (Lipinski definition) is 4. The second-order valence-corrected chi connectivity index (χ2v) is 6.38. The van der Waals surface area contributed by atoms with E-state index in [0.29, 0.717) is 22.6 Å². The number of nitrogens with one attached hydrogen (secondary N) is 1. The predicted octanol–water partition coefficient (Wildman–Crippen LogP) is 5.08. The van der Waals surface area contributed by atoms with Gasteiger partial charge in [0.25, 0.3) is 0 Å². The lowest BCUT2D eigenvalue weighted by atomic mass is 10.1. The normalized spacial score (nSPS) is 11.8. The first-order valence-electron chi connectivity index (χ1n) is 8.83. The van der Waals surface area contributed by atoms with Crippen LogP contribution in [-0.4, -0.2) is 9.97 Å². The van der Waals surface area contributed by atoms with Crippen LogP contribution in [0, 0.1) is 11.3 Å². The molecular formula is C23H14N4O. The third-order valence-electron chi connectivity index (χ3n) is 4.51. The molecular weight excluding hydrogens is 348 g/mol. The van der Waals surface area contributed by atoms with Crippen LogP contribution in [0.1, 0.15) is 5.56 Å². The zero-order valence-electron chi connectivity index (χ0n) is 14.8. The van der Waals surface area contributed by atoms with Crippen molar-refractivity contribution >= 4 is 27.7 Å². The summed E-state index contributed by atoms with van der Waals surface area (Å²) in [6.07, 6.45) is 0. The van der Waals surface area contributed by atoms with E-state index in [1.54, 1.807) is 18.2 Å². The highest BCUT2D eigenvalue weighted by atomic mass is 16.3. The van der Waals surface area contributed by atoms with Gasteiger partial charge >= 0.3 is 0 Å². The number of imidazole rings is 1. The van der Waals surface area contributed by atoms with Crippen molar-refractivity contribution in [1.29, 1.82) is 5.26 Å². The van der Waals surface area contributed by atoms with Crippen molar-refractivity contribution in [3.05, 3.63) is 90.0 Å². The maximum atomic E-state index is 9.15. The topological polar surface area (TPSA) is 78.0 Å². The average molecular weight is 362 g/mol. The van der Waals surface area contributed by atoms with Crippen molar-refractivity contribution in [2.75, 3.05) is 0 Å². The highest BCUT2D eigenvalue weighted by Crippen LogP contribution is 2.23. The molecule has 0 aliphatic rings. The van der Waals surface area contributed by atoms with Crippen molar-refractivity contribution in [3.63, 3.8) is 0 Å². The molecule has 0 unspecified atom stereocenters. The molecule has 5 nitrogen and oxygen atoms in total. The van der Waals surface area contributed by atoms with Gasteiger partial charge in [-0.1, -0.05) is 36.4 Å². The Bertz CT molecular complexity index is 1400. The fourth-order valence-electron chi connectivity index (χ4n) is 3.16. The number of aromatic nitrogens is 2. The van der Waals surface area contributed by atoms with Crippen LogP contribution in [0.15, 0.2) is 88.3 Å².